The Labute approximate surface area is 175 Å². The predicted octanol–water partition coefficient (Wildman–Crippen LogP) is 4.27. The summed E-state index contributed by atoms with van der Waals surface area (Å²) in [5.41, 5.74) is -0.197. The molecule has 0 aliphatic carbocycles. The van der Waals surface area contributed by atoms with Crippen molar-refractivity contribution in [2.45, 2.75) is 39.2 Å². The maximum Gasteiger partial charge on any atom is 0.410 e. The predicted molar refractivity (Wildman–Crippen MR) is 112 cm³/mol. The second kappa shape index (κ2) is 10.3. The molecule has 0 atom stereocenters. The van der Waals surface area contributed by atoms with E-state index in [0.717, 1.165) is 12.8 Å². The first-order chi connectivity index (χ1) is 13.7. The van der Waals surface area contributed by atoms with Crippen molar-refractivity contribution < 1.29 is 18.7 Å². The third kappa shape index (κ3) is 7.13. The van der Waals surface area contributed by atoms with Crippen molar-refractivity contribution >= 4 is 28.7 Å². The Balaban J connectivity index is 1.96. The van der Waals surface area contributed by atoms with E-state index in [2.05, 4.69) is 10.3 Å². The second-order valence-electron chi connectivity index (χ2n) is 7.67. The average Bonchev–Trinajstić information content (AvgIpc) is 2.66. The molecule has 9 heteroatoms. The highest BCUT2D eigenvalue weighted by molar-refractivity contribution is 8.13. The van der Waals surface area contributed by atoms with Gasteiger partial charge in [-0.25, -0.2) is 14.2 Å². The molecular formula is C20H27FN4O3S. The molecule has 1 aliphatic rings. The minimum absolute atomic E-state index is 0.0633. The number of hydrogen-bond donors (Lipinski definition) is 1. The fourth-order valence-electron chi connectivity index (χ4n) is 2.82. The van der Waals surface area contributed by atoms with Crippen LogP contribution in [-0.2, 0) is 4.74 Å². The molecule has 1 heterocycles. The summed E-state index contributed by atoms with van der Waals surface area (Å²) in [6.07, 6.45) is 4.76. The van der Waals surface area contributed by atoms with Gasteiger partial charge in [0.25, 0.3) is 0 Å². The van der Waals surface area contributed by atoms with Crippen molar-refractivity contribution in [1.29, 1.82) is 5.26 Å². The van der Waals surface area contributed by atoms with Gasteiger partial charge in [0.1, 0.15) is 11.3 Å². The van der Waals surface area contributed by atoms with Gasteiger partial charge in [0, 0.05) is 13.1 Å². The molecule has 1 saturated heterocycles. The number of piperidine rings is 1. The first-order valence-corrected chi connectivity index (χ1v) is 10.6. The Morgan fingerprint density at radius 2 is 2.10 bits per heavy atom. The van der Waals surface area contributed by atoms with Crippen LogP contribution in [0.4, 0.5) is 14.9 Å². The van der Waals surface area contributed by atoms with Crippen LogP contribution in [0.5, 0.6) is 5.75 Å². The standard InChI is InChI=1S/C20H27FN4O3S/c1-20(2,3)28-19(26)25-10-8-14(9-11-25)12-27-17-15(21)6-5-7-16(17)24-18(29-4)23-13-22/h5-7,14H,8-12H2,1-4H3,(H,23,24). The Morgan fingerprint density at radius 3 is 2.69 bits per heavy atom. The van der Waals surface area contributed by atoms with Gasteiger partial charge in [-0.15, -0.1) is 0 Å². The van der Waals surface area contributed by atoms with E-state index in [1.54, 1.807) is 29.5 Å². The van der Waals surface area contributed by atoms with E-state index in [1.807, 2.05) is 20.8 Å². The number of benzene rings is 1. The van der Waals surface area contributed by atoms with Gasteiger partial charge in [-0.2, -0.15) is 5.26 Å². The second-order valence-corrected chi connectivity index (χ2v) is 8.46. The molecule has 7 nitrogen and oxygen atoms in total. The number of ether oxygens (including phenoxy) is 2. The summed E-state index contributed by atoms with van der Waals surface area (Å²) in [6, 6.07) is 4.50. The van der Waals surface area contributed by atoms with Crippen LogP contribution in [0.2, 0.25) is 0 Å². The van der Waals surface area contributed by atoms with Crippen molar-refractivity contribution in [3.8, 4) is 11.9 Å². The molecule has 29 heavy (non-hydrogen) atoms. The number of hydrogen-bond acceptors (Lipinski definition) is 6. The zero-order chi connectivity index (χ0) is 21.4. The van der Waals surface area contributed by atoms with Crippen LogP contribution in [-0.4, -0.2) is 47.7 Å². The number of nitriles is 1. The highest BCUT2D eigenvalue weighted by Gasteiger charge is 2.27. The maximum absolute atomic E-state index is 14.3. The number of amidine groups is 1. The minimum Gasteiger partial charge on any atom is -0.488 e. The Hall–Kier alpha value is -2.47. The molecule has 0 saturated carbocycles. The number of rotatable bonds is 4. The Kier molecular flexibility index (Phi) is 8.14. The number of nitrogens with one attached hydrogen (secondary N) is 1. The number of para-hydroxylation sites is 1. The molecule has 1 fully saturated rings. The summed E-state index contributed by atoms with van der Waals surface area (Å²) in [7, 11) is 0. The van der Waals surface area contributed by atoms with E-state index in [1.165, 1.54) is 17.8 Å². The van der Waals surface area contributed by atoms with Crippen LogP contribution in [0.25, 0.3) is 0 Å². The van der Waals surface area contributed by atoms with E-state index in [-0.39, 0.29) is 17.8 Å². The molecule has 1 amide bonds. The van der Waals surface area contributed by atoms with Crippen molar-refractivity contribution in [2.75, 3.05) is 26.0 Å². The molecule has 0 spiro atoms. The van der Waals surface area contributed by atoms with E-state index in [9.17, 15) is 9.18 Å². The van der Waals surface area contributed by atoms with Gasteiger partial charge in [-0.1, -0.05) is 17.8 Å². The smallest absolute Gasteiger partial charge is 0.410 e. The topological polar surface area (TPSA) is 86.9 Å². The summed E-state index contributed by atoms with van der Waals surface area (Å²) in [5.74, 6) is -0.245. The van der Waals surface area contributed by atoms with Crippen LogP contribution >= 0.6 is 11.8 Å². The van der Waals surface area contributed by atoms with Crippen molar-refractivity contribution in [1.82, 2.24) is 10.2 Å². The zero-order valence-corrected chi connectivity index (χ0v) is 18.0. The lowest BCUT2D eigenvalue weighted by Crippen LogP contribution is -2.42. The van der Waals surface area contributed by atoms with Crippen LogP contribution in [0.1, 0.15) is 33.6 Å². The van der Waals surface area contributed by atoms with Crippen LogP contribution in [0, 0.1) is 23.2 Å². The number of amides is 1. The number of aliphatic imine (C=N–C) groups is 1. The van der Waals surface area contributed by atoms with Crippen molar-refractivity contribution in [3.05, 3.63) is 24.0 Å². The summed E-state index contributed by atoms with van der Waals surface area (Å²) in [4.78, 5) is 18.1. The SMILES string of the molecule is CSC(=Nc1cccc(F)c1OCC1CCN(C(=O)OC(C)(C)C)CC1)NC#N. The number of thioether (sulfide) groups is 1. The molecule has 0 unspecified atom stereocenters. The Bertz CT molecular complexity index is 781. The first kappa shape index (κ1) is 22.8. The summed E-state index contributed by atoms with van der Waals surface area (Å²) < 4.78 is 25.5. The summed E-state index contributed by atoms with van der Waals surface area (Å²) in [5, 5.41) is 11.6. The highest BCUT2D eigenvalue weighted by atomic mass is 32.2. The number of carbonyl (C=O) groups excluding carboxylic acids is 1. The van der Waals surface area contributed by atoms with Gasteiger partial charge in [-0.05, 0) is 57.9 Å². The first-order valence-electron chi connectivity index (χ1n) is 9.40. The van der Waals surface area contributed by atoms with Gasteiger partial charge in [0.05, 0.1) is 6.61 Å². The molecule has 0 bridgehead atoms. The molecule has 1 aliphatic heterocycles. The molecule has 0 radical (unpaired) electrons. The number of carbonyl (C=O) groups is 1. The van der Waals surface area contributed by atoms with Gasteiger partial charge < -0.3 is 14.4 Å². The van der Waals surface area contributed by atoms with Gasteiger partial charge in [0.2, 0.25) is 0 Å². The largest absolute Gasteiger partial charge is 0.488 e. The van der Waals surface area contributed by atoms with E-state index >= 15 is 0 Å². The molecule has 1 N–H and O–H groups in total. The van der Waals surface area contributed by atoms with Crippen molar-refractivity contribution in [2.24, 2.45) is 10.9 Å². The van der Waals surface area contributed by atoms with E-state index in [0.29, 0.717) is 30.6 Å². The zero-order valence-electron chi connectivity index (χ0n) is 17.2. The van der Waals surface area contributed by atoms with Gasteiger partial charge in [-0.3, -0.25) is 5.32 Å². The number of halogens is 1. The van der Waals surface area contributed by atoms with E-state index in [4.69, 9.17) is 14.7 Å². The molecular weight excluding hydrogens is 395 g/mol. The van der Waals surface area contributed by atoms with Gasteiger partial charge >= 0.3 is 6.09 Å². The normalized spacial score (nSPS) is 15.6. The lowest BCUT2D eigenvalue weighted by molar-refractivity contribution is 0.0164. The third-order valence-electron chi connectivity index (χ3n) is 4.25. The molecule has 0 aromatic heterocycles. The van der Waals surface area contributed by atoms with Crippen molar-refractivity contribution in [3.63, 3.8) is 0 Å². The lowest BCUT2D eigenvalue weighted by atomic mass is 9.98. The molecule has 2 rings (SSSR count). The maximum atomic E-state index is 14.3. The fraction of sp³-hybridized carbons (Fsp3) is 0.550. The monoisotopic (exact) mass is 422 g/mol. The number of nitrogens with zero attached hydrogens (tertiary/aromatic N) is 3. The summed E-state index contributed by atoms with van der Waals surface area (Å²) in [6.45, 7) is 7.01. The van der Waals surface area contributed by atoms with Crippen LogP contribution in [0.15, 0.2) is 23.2 Å². The average molecular weight is 423 g/mol. The Morgan fingerprint density at radius 1 is 1.41 bits per heavy atom. The highest BCUT2D eigenvalue weighted by Crippen LogP contribution is 2.32. The lowest BCUT2D eigenvalue weighted by Gasteiger charge is -2.33. The molecule has 158 valence electrons. The fourth-order valence-corrected chi connectivity index (χ4v) is 3.16. The third-order valence-corrected chi connectivity index (χ3v) is 4.83. The van der Waals surface area contributed by atoms with Crippen LogP contribution in [0.3, 0.4) is 0 Å². The molecule has 1 aromatic carbocycles. The molecule has 1 aromatic rings. The van der Waals surface area contributed by atoms with E-state index < -0.39 is 11.4 Å². The van der Waals surface area contributed by atoms with Crippen LogP contribution < -0.4 is 10.1 Å². The minimum atomic E-state index is -0.519. The van der Waals surface area contributed by atoms with Gasteiger partial charge in [0.15, 0.2) is 22.9 Å². The number of likely N-dealkylation sites (tertiary alicyclic amines) is 1. The quantitative estimate of drug-likeness (QED) is 0.337. The summed E-state index contributed by atoms with van der Waals surface area (Å²) >= 11 is 1.25.